The van der Waals surface area contributed by atoms with Crippen LogP contribution in [0.3, 0.4) is 0 Å². The molecule has 3 N–H and O–H groups in total. The molecule has 0 bridgehead atoms. The molecule has 0 spiro atoms. The smallest absolute Gasteiger partial charge is 0.269 e. The van der Waals surface area contributed by atoms with Crippen LogP contribution in [0.15, 0.2) is 48.5 Å². The van der Waals surface area contributed by atoms with Crippen molar-refractivity contribution in [1.82, 2.24) is 10.9 Å². The topological polar surface area (TPSA) is 87.3 Å². The number of rotatable bonds is 4. The number of benzene rings is 2. The van der Waals surface area contributed by atoms with Crippen LogP contribution in [0, 0.1) is 11.8 Å². The Morgan fingerprint density at radius 3 is 2.12 bits per heavy atom. The van der Waals surface area contributed by atoms with Crippen molar-refractivity contribution in [2.24, 2.45) is 11.8 Å². The van der Waals surface area contributed by atoms with Crippen LogP contribution in [0.25, 0.3) is 0 Å². The minimum absolute atomic E-state index is 0.0377. The van der Waals surface area contributed by atoms with E-state index in [0.29, 0.717) is 27.8 Å². The maximum absolute atomic E-state index is 12.2. The minimum Gasteiger partial charge on any atom is -0.326 e. The first kappa shape index (κ1) is 17.9. The molecule has 3 amide bonds. The number of halogens is 1. The van der Waals surface area contributed by atoms with Crippen LogP contribution in [-0.2, 0) is 4.79 Å². The van der Waals surface area contributed by atoms with E-state index in [1.165, 1.54) is 6.07 Å². The Balaban J connectivity index is 1.58. The first-order chi connectivity index (χ1) is 12.4. The zero-order valence-corrected chi connectivity index (χ0v) is 14.8. The van der Waals surface area contributed by atoms with E-state index < -0.39 is 11.8 Å². The Labute approximate surface area is 155 Å². The lowest BCUT2D eigenvalue weighted by atomic mass is 10.2. The summed E-state index contributed by atoms with van der Waals surface area (Å²) >= 11 is 5.84. The molecule has 1 aliphatic rings. The average Bonchev–Trinajstić information content (AvgIpc) is 3.36. The summed E-state index contributed by atoms with van der Waals surface area (Å²) in [6, 6.07) is 12.9. The summed E-state index contributed by atoms with van der Waals surface area (Å²) in [6.45, 7) is 2.02. The molecule has 3 rings (SSSR count). The number of anilines is 1. The molecule has 2 atom stereocenters. The molecular formula is C19H18ClN3O3. The number of amides is 3. The van der Waals surface area contributed by atoms with Crippen molar-refractivity contribution in [3.05, 3.63) is 64.7 Å². The molecule has 1 fully saturated rings. The zero-order chi connectivity index (χ0) is 18.7. The van der Waals surface area contributed by atoms with Crippen molar-refractivity contribution in [3.63, 3.8) is 0 Å². The Hall–Kier alpha value is -2.86. The lowest BCUT2D eigenvalue weighted by Crippen LogP contribution is -2.41. The zero-order valence-electron chi connectivity index (χ0n) is 14.1. The second-order valence-corrected chi connectivity index (χ2v) is 6.74. The largest absolute Gasteiger partial charge is 0.326 e. The molecule has 2 aromatic carbocycles. The second-order valence-electron chi connectivity index (χ2n) is 6.31. The van der Waals surface area contributed by atoms with Crippen LogP contribution < -0.4 is 16.2 Å². The summed E-state index contributed by atoms with van der Waals surface area (Å²) in [5.41, 5.74) is 5.87. The number of hydrogen-bond donors (Lipinski definition) is 3. The Morgan fingerprint density at radius 2 is 1.54 bits per heavy atom. The normalized spacial score (nSPS) is 17.9. The van der Waals surface area contributed by atoms with Gasteiger partial charge in [0.05, 0.1) is 0 Å². The van der Waals surface area contributed by atoms with Crippen LogP contribution in [0.1, 0.15) is 34.1 Å². The molecule has 1 saturated carbocycles. The van der Waals surface area contributed by atoms with Crippen molar-refractivity contribution >= 4 is 35.0 Å². The van der Waals surface area contributed by atoms with Gasteiger partial charge in [-0.1, -0.05) is 30.7 Å². The summed E-state index contributed by atoms with van der Waals surface area (Å²) in [5.74, 6) is -0.554. The van der Waals surface area contributed by atoms with Crippen LogP contribution in [0.4, 0.5) is 5.69 Å². The summed E-state index contributed by atoms with van der Waals surface area (Å²) in [5, 5.41) is 3.23. The van der Waals surface area contributed by atoms with E-state index in [1.807, 2.05) is 6.92 Å². The van der Waals surface area contributed by atoms with Gasteiger partial charge in [-0.05, 0) is 48.7 Å². The number of nitrogens with one attached hydrogen (secondary N) is 3. The van der Waals surface area contributed by atoms with Gasteiger partial charge in [0, 0.05) is 27.8 Å². The molecule has 2 aromatic rings. The van der Waals surface area contributed by atoms with Gasteiger partial charge < -0.3 is 5.32 Å². The highest BCUT2D eigenvalue weighted by atomic mass is 35.5. The monoisotopic (exact) mass is 371 g/mol. The van der Waals surface area contributed by atoms with E-state index in [0.717, 1.165) is 6.42 Å². The number of carbonyl (C=O) groups is 3. The number of hydrogen-bond acceptors (Lipinski definition) is 3. The minimum atomic E-state index is -0.490. The first-order valence-electron chi connectivity index (χ1n) is 8.21. The summed E-state index contributed by atoms with van der Waals surface area (Å²) in [7, 11) is 0. The molecule has 0 radical (unpaired) electrons. The average molecular weight is 372 g/mol. The Bertz CT molecular complexity index is 869. The van der Waals surface area contributed by atoms with Gasteiger partial charge in [-0.3, -0.25) is 25.2 Å². The third kappa shape index (κ3) is 4.40. The van der Waals surface area contributed by atoms with Gasteiger partial charge >= 0.3 is 0 Å². The lowest BCUT2D eigenvalue weighted by Gasteiger charge is -2.09. The Morgan fingerprint density at radius 1 is 0.962 bits per heavy atom. The highest BCUT2D eigenvalue weighted by molar-refractivity contribution is 6.31. The van der Waals surface area contributed by atoms with E-state index in [-0.39, 0.29) is 11.8 Å². The van der Waals surface area contributed by atoms with Gasteiger partial charge in [0.2, 0.25) is 5.91 Å². The molecule has 0 aromatic heterocycles. The van der Waals surface area contributed by atoms with Crippen LogP contribution >= 0.6 is 11.6 Å². The van der Waals surface area contributed by atoms with E-state index in [2.05, 4.69) is 16.2 Å². The van der Waals surface area contributed by atoms with Crippen molar-refractivity contribution in [2.45, 2.75) is 13.3 Å². The first-order valence-corrected chi connectivity index (χ1v) is 8.59. The molecule has 26 heavy (non-hydrogen) atoms. The SMILES string of the molecule is CC1CC1C(=O)Nc1cccc(C(=O)NNC(=O)c2cccc(Cl)c2)c1. The molecule has 1 aliphatic carbocycles. The fourth-order valence-corrected chi connectivity index (χ4v) is 2.74. The van der Waals surface area contributed by atoms with E-state index >= 15 is 0 Å². The quantitative estimate of drug-likeness (QED) is 0.722. The highest BCUT2D eigenvalue weighted by Crippen LogP contribution is 2.38. The molecule has 0 aliphatic heterocycles. The van der Waals surface area contributed by atoms with Gasteiger partial charge in [-0.25, -0.2) is 0 Å². The van der Waals surface area contributed by atoms with Gasteiger partial charge in [0.1, 0.15) is 0 Å². The van der Waals surface area contributed by atoms with E-state index in [4.69, 9.17) is 11.6 Å². The van der Waals surface area contributed by atoms with Crippen LogP contribution in [0.5, 0.6) is 0 Å². The highest BCUT2D eigenvalue weighted by Gasteiger charge is 2.39. The maximum Gasteiger partial charge on any atom is 0.269 e. The van der Waals surface area contributed by atoms with E-state index in [1.54, 1.807) is 42.5 Å². The maximum atomic E-state index is 12.2. The van der Waals surface area contributed by atoms with Crippen molar-refractivity contribution < 1.29 is 14.4 Å². The van der Waals surface area contributed by atoms with Crippen molar-refractivity contribution in [2.75, 3.05) is 5.32 Å². The van der Waals surface area contributed by atoms with Gasteiger partial charge in [0.15, 0.2) is 0 Å². The third-order valence-electron chi connectivity index (χ3n) is 4.21. The predicted octanol–water partition coefficient (Wildman–Crippen LogP) is 3.01. The summed E-state index contributed by atoms with van der Waals surface area (Å²) in [6.07, 6.45) is 0.890. The van der Waals surface area contributed by atoms with Crippen LogP contribution in [0.2, 0.25) is 5.02 Å². The Kier molecular flexibility index (Phi) is 5.23. The molecule has 6 nitrogen and oxygen atoms in total. The molecule has 7 heteroatoms. The third-order valence-corrected chi connectivity index (χ3v) is 4.45. The molecule has 0 saturated heterocycles. The van der Waals surface area contributed by atoms with Crippen molar-refractivity contribution in [1.29, 1.82) is 0 Å². The van der Waals surface area contributed by atoms with Gasteiger partial charge in [-0.15, -0.1) is 0 Å². The number of carbonyl (C=O) groups excluding carboxylic acids is 3. The number of hydrazine groups is 1. The summed E-state index contributed by atoms with van der Waals surface area (Å²) in [4.78, 5) is 36.2. The molecule has 2 unspecified atom stereocenters. The lowest BCUT2D eigenvalue weighted by molar-refractivity contribution is -0.117. The standard InChI is InChI=1S/C19H18ClN3O3/c1-11-8-16(11)19(26)21-15-7-3-5-13(10-15)18(25)23-22-17(24)12-4-2-6-14(20)9-12/h2-7,9-11,16H,8H2,1H3,(H,21,26)(H,22,24)(H,23,25). The molecule has 0 heterocycles. The van der Waals surface area contributed by atoms with Gasteiger partial charge in [0.25, 0.3) is 11.8 Å². The molecular weight excluding hydrogens is 354 g/mol. The van der Waals surface area contributed by atoms with E-state index in [9.17, 15) is 14.4 Å². The fourth-order valence-electron chi connectivity index (χ4n) is 2.55. The van der Waals surface area contributed by atoms with Gasteiger partial charge in [-0.2, -0.15) is 0 Å². The van der Waals surface area contributed by atoms with Crippen molar-refractivity contribution in [3.8, 4) is 0 Å². The molecule has 134 valence electrons. The second kappa shape index (κ2) is 7.58. The summed E-state index contributed by atoms with van der Waals surface area (Å²) < 4.78 is 0. The predicted molar refractivity (Wildman–Crippen MR) is 98.7 cm³/mol. The van der Waals surface area contributed by atoms with Crippen LogP contribution in [-0.4, -0.2) is 17.7 Å². The fraction of sp³-hybridized carbons (Fsp3) is 0.211.